The molecule has 1 aromatic heterocycles. The van der Waals surface area contributed by atoms with Crippen LogP contribution in [0.25, 0.3) is 0 Å². The molecule has 2 N–H and O–H groups in total. The molecule has 1 heterocycles. The second-order valence-electron chi connectivity index (χ2n) is 1.92. The average molecular weight is 151 g/mol. The Kier molecular flexibility index (Phi) is 2.57. The van der Waals surface area contributed by atoms with Crippen LogP contribution in [0.1, 0.15) is 5.56 Å². The molecule has 0 saturated heterocycles. The van der Waals surface area contributed by atoms with Crippen molar-refractivity contribution in [3.63, 3.8) is 0 Å². The van der Waals surface area contributed by atoms with Crippen molar-refractivity contribution in [1.82, 2.24) is 10.5 Å². The summed E-state index contributed by atoms with van der Waals surface area (Å²) in [7, 11) is 1.60. The van der Waals surface area contributed by atoms with Gasteiger partial charge in [-0.05, 0) is 12.1 Å². The van der Waals surface area contributed by atoms with Gasteiger partial charge in [0.2, 0.25) is 0 Å². The number of pyridine rings is 1. The monoisotopic (exact) mass is 151 g/mol. The number of nitrogens with zero attached hydrogens (tertiary/aromatic N) is 2. The Bertz CT molecular complexity index is 245. The number of hydrogen-bond donors (Lipinski definition) is 2. The first-order valence-corrected chi connectivity index (χ1v) is 3.15. The highest BCUT2D eigenvalue weighted by Gasteiger charge is 1.97. The van der Waals surface area contributed by atoms with Gasteiger partial charge < -0.3 is 0 Å². The number of amidine groups is 1. The Labute approximate surface area is 64.6 Å². The van der Waals surface area contributed by atoms with Gasteiger partial charge in [-0.1, -0.05) is 0 Å². The van der Waals surface area contributed by atoms with Gasteiger partial charge in [-0.25, -0.2) is 0 Å². The van der Waals surface area contributed by atoms with Crippen molar-refractivity contribution in [3.8, 4) is 0 Å². The summed E-state index contributed by atoms with van der Waals surface area (Å²) in [5.41, 5.74) is 2.80. The molecule has 0 aliphatic rings. The lowest BCUT2D eigenvalue weighted by molar-refractivity contribution is 0.235. The Morgan fingerprint density at radius 2 is 2.18 bits per heavy atom. The van der Waals surface area contributed by atoms with E-state index in [9.17, 15) is 0 Å². The van der Waals surface area contributed by atoms with E-state index in [2.05, 4.69) is 9.98 Å². The maximum absolute atomic E-state index is 8.58. The van der Waals surface area contributed by atoms with Gasteiger partial charge in [-0.15, -0.1) is 0 Å². The van der Waals surface area contributed by atoms with Crippen LogP contribution in [-0.4, -0.2) is 23.1 Å². The van der Waals surface area contributed by atoms with Gasteiger partial charge in [0.25, 0.3) is 0 Å². The SMILES string of the molecule is CN=C(NO)c1ccncc1. The van der Waals surface area contributed by atoms with Crippen molar-refractivity contribution in [1.29, 1.82) is 0 Å². The first-order chi connectivity index (χ1) is 5.38. The van der Waals surface area contributed by atoms with Crippen molar-refractivity contribution >= 4 is 5.84 Å². The van der Waals surface area contributed by atoms with Crippen LogP contribution in [0.4, 0.5) is 0 Å². The Morgan fingerprint density at radius 3 is 2.64 bits per heavy atom. The molecule has 0 amide bonds. The van der Waals surface area contributed by atoms with E-state index in [0.29, 0.717) is 5.84 Å². The summed E-state index contributed by atoms with van der Waals surface area (Å²) in [6.07, 6.45) is 3.27. The van der Waals surface area contributed by atoms with Crippen LogP contribution in [0.15, 0.2) is 29.5 Å². The smallest absolute Gasteiger partial charge is 0.152 e. The lowest BCUT2D eigenvalue weighted by atomic mass is 10.2. The van der Waals surface area contributed by atoms with Crippen LogP contribution in [0.2, 0.25) is 0 Å². The predicted molar refractivity (Wildman–Crippen MR) is 41.6 cm³/mol. The number of hydroxylamine groups is 1. The standard InChI is InChI=1S/C7H9N3O/c1-8-7(10-11)6-2-4-9-5-3-6/h2-5,11H,1H3,(H,8,10). The molecule has 0 aromatic carbocycles. The summed E-state index contributed by atoms with van der Waals surface area (Å²) in [6.45, 7) is 0. The summed E-state index contributed by atoms with van der Waals surface area (Å²) in [4.78, 5) is 7.64. The third-order valence-corrected chi connectivity index (χ3v) is 1.28. The van der Waals surface area contributed by atoms with Crippen molar-refractivity contribution in [2.75, 3.05) is 7.05 Å². The molecule has 4 nitrogen and oxygen atoms in total. The van der Waals surface area contributed by atoms with E-state index in [1.807, 2.05) is 5.48 Å². The highest BCUT2D eigenvalue weighted by molar-refractivity contribution is 5.97. The molecular formula is C7H9N3O. The van der Waals surface area contributed by atoms with Crippen LogP contribution in [0.5, 0.6) is 0 Å². The zero-order valence-electron chi connectivity index (χ0n) is 6.15. The summed E-state index contributed by atoms with van der Waals surface area (Å²) >= 11 is 0. The average Bonchev–Trinajstić information content (AvgIpc) is 2.09. The molecule has 0 spiro atoms. The van der Waals surface area contributed by atoms with Crippen molar-refractivity contribution in [2.24, 2.45) is 4.99 Å². The fourth-order valence-electron chi connectivity index (χ4n) is 0.753. The minimum atomic E-state index is 0.437. The highest BCUT2D eigenvalue weighted by Crippen LogP contribution is 1.95. The second kappa shape index (κ2) is 3.68. The second-order valence-corrected chi connectivity index (χ2v) is 1.92. The molecule has 58 valence electrons. The molecule has 0 aliphatic heterocycles. The summed E-state index contributed by atoms with van der Waals surface area (Å²) in [6, 6.07) is 3.51. The number of hydrogen-bond acceptors (Lipinski definition) is 3. The van der Waals surface area contributed by atoms with Crippen molar-refractivity contribution in [3.05, 3.63) is 30.1 Å². The Balaban J connectivity index is 2.92. The van der Waals surface area contributed by atoms with E-state index < -0.39 is 0 Å². The minimum Gasteiger partial charge on any atom is -0.290 e. The zero-order valence-corrected chi connectivity index (χ0v) is 6.15. The van der Waals surface area contributed by atoms with Gasteiger partial charge in [0.05, 0.1) is 0 Å². The number of aromatic nitrogens is 1. The van der Waals surface area contributed by atoms with Crippen LogP contribution in [0.3, 0.4) is 0 Å². The van der Waals surface area contributed by atoms with Gasteiger partial charge in [0.1, 0.15) is 0 Å². The molecule has 0 atom stereocenters. The molecule has 0 fully saturated rings. The lowest BCUT2D eigenvalue weighted by Crippen LogP contribution is -2.19. The van der Waals surface area contributed by atoms with Crippen molar-refractivity contribution < 1.29 is 5.21 Å². The normalized spacial score (nSPS) is 11.3. The van der Waals surface area contributed by atoms with Crippen molar-refractivity contribution in [2.45, 2.75) is 0 Å². The number of aliphatic imine (C=N–C) groups is 1. The first kappa shape index (κ1) is 7.68. The predicted octanol–water partition coefficient (Wildman–Crippen LogP) is 0.437. The Morgan fingerprint density at radius 1 is 1.55 bits per heavy atom. The van der Waals surface area contributed by atoms with Gasteiger partial charge in [-0.3, -0.25) is 20.7 Å². The minimum absolute atomic E-state index is 0.437. The fourth-order valence-corrected chi connectivity index (χ4v) is 0.753. The van der Waals surface area contributed by atoms with E-state index in [4.69, 9.17) is 5.21 Å². The van der Waals surface area contributed by atoms with Crippen LogP contribution < -0.4 is 5.48 Å². The van der Waals surface area contributed by atoms with Crippen LogP contribution >= 0.6 is 0 Å². The highest BCUT2D eigenvalue weighted by atomic mass is 16.5. The topological polar surface area (TPSA) is 57.5 Å². The molecule has 11 heavy (non-hydrogen) atoms. The van der Waals surface area contributed by atoms with E-state index in [1.54, 1.807) is 31.6 Å². The van der Waals surface area contributed by atoms with E-state index in [0.717, 1.165) is 5.56 Å². The summed E-state index contributed by atoms with van der Waals surface area (Å²) in [5.74, 6) is 0.437. The zero-order chi connectivity index (χ0) is 8.10. The third kappa shape index (κ3) is 1.75. The van der Waals surface area contributed by atoms with Gasteiger partial charge in [0, 0.05) is 25.0 Å². The summed E-state index contributed by atoms with van der Waals surface area (Å²) in [5, 5.41) is 8.58. The largest absolute Gasteiger partial charge is 0.290 e. The molecule has 0 bridgehead atoms. The fraction of sp³-hybridized carbons (Fsp3) is 0.143. The summed E-state index contributed by atoms with van der Waals surface area (Å²) < 4.78 is 0. The number of nitrogens with one attached hydrogen (secondary N) is 1. The van der Waals surface area contributed by atoms with Crippen LogP contribution in [0, 0.1) is 0 Å². The van der Waals surface area contributed by atoms with Crippen LogP contribution in [-0.2, 0) is 0 Å². The molecule has 0 radical (unpaired) electrons. The molecule has 1 aromatic rings. The molecule has 4 heteroatoms. The molecule has 0 unspecified atom stereocenters. The van der Waals surface area contributed by atoms with Gasteiger partial charge in [0.15, 0.2) is 5.84 Å². The van der Waals surface area contributed by atoms with Gasteiger partial charge >= 0.3 is 0 Å². The molecule has 0 saturated carbocycles. The van der Waals surface area contributed by atoms with Gasteiger partial charge in [-0.2, -0.15) is 0 Å². The van der Waals surface area contributed by atoms with E-state index in [-0.39, 0.29) is 0 Å². The Hall–Kier alpha value is -1.42. The number of rotatable bonds is 1. The van der Waals surface area contributed by atoms with E-state index in [1.165, 1.54) is 0 Å². The molecule has 1 rings (SSSR count). The maximum Gasteiger partial charge on any atom is 0.152 e. The first-order valence-electron chi connectivity index (χ1n) is 3.15. The third-order valence-electron chi connectivity index (χ3n) is 1.28. The quantitative estimate of drug-likeness (QED) is 0.348. The molecule has 0 aliphatic carbocycles. The molecular weight excluding hydrogens is 142 g/mol. The lowest BCUT2D eigenvalue weighted by Gasteiger charge is -2.01. The maximum atomic E-state index is 8.58. The van der Waals surface area contributed by atoms with E-state index >= 15 is 0 Å².